The molecule has 0 amide bonds. The molecule has 1 aromatic carbocycles. The molecule has 1 heterocycles. The molecule has 0 saturated heterocycles. The zero-order valence-electron chi connectivity index (χ0n) is 10.2. The molecule has 0 spiro atoms. The Bertz CT molecular complexity index is 512. The molecule has 18 heavy (non-hydrogen) atoms. The first kappa shape index (κ1) is 12.8. The Morgan fingerprint density at radius 1 is 1.22 bits per heavy atom. The Morgan fingerprint density at radius 2 is 1.89 bits per heavy atom. The van der Waals surface area contributed by atoms with Crippen molar-refractivity contribution in [1.29, 1.82) is 0 Å². The van der Waals surface area contributed by atoms with Gasteiger partial charge in [-0.05, 0) is 36.8 Å². The molecule has 1 unspecified atom stereocenters. The molecule has 1 aromatic heterocycles. The number of benzene rings is 1. The van der Waals surface area contributed by atoms with E-state index in [0.29, 0.717) is 12.1 Å². The van der Waals surface area contributed by atoms with E-state index in [0.717, 1.165) is 18.2 Å². The first-order valence-electron chi connectivity index (χ1n) is 5.89. The van der Waals surface area contributed by atoms with Crippen LogP contribution in [-0.4, -0.2) is 10.6 Å². The van der Waals surface area contributed by atoms with Crippen LogP contribution >= 0.6 is 0 Å². The number of hydrogen-bond acceptors (Lipinski definition) is 1. The van der Waals surface area contributed by atoms with Crippen LogP contribution in [0.15, 0.2) is 36.5 Å². The summed E-state index contributed by atoms with van der Waals surface area (Å²) in [5.74, 6) is -1.10. The molecule has 0 fully saturated rings. The topological polar surface area (TPSA) is 30.9 Å². The second kappa shape index (κ2) is 5.31. The van der Waals surface area contributed by atoms with E-state index in [2.05, 4.69) is 0 Å². The van der Waals surface area contributed by atoms with Gasteiger partial charge in [0.1, 0.15) is 11.6 Å². The predicted molar refractivity (Wildman–Crippen MR) is 67.2 cm³/mol. The van der Waals surface area contributed by atoms with Gasteiger partial charge in [0.15, 0.2) is 0 Å². The maximum absolute atomic E-state index is 13.1. The summed E-state index contributed by atoms with van der Waals surface area (Å²) in [6.07, 6.45) is 2.63. The SMILES string of the molecule is CC(N)Cc1cccn1Cc1cc(F)cc(F)c1. The molecule has 0 radical (unpaired) electrons. The van der Waals surface area contributed by atoms with Crippen molar-refractivity contribution >= 4 is 0 Å². The lowest BCUT2D eigenvalue weighted by Crippen LogP contribution is -2.20. The summed E-state index contributed by atoms with van der Waals surface area (Å²) in [6.45, 7) is 2.38. The van der Waals surface area contributed by atoms with Gasteiger partial charge >= 0.3 is 0 Å². The molecule has 0 aliphatic heterocycles. The van der Waals surface area contributed by atoms with Crippen LogP contribution in [0.3, 0.4) is 0 Å². The summed E-state index contributed by atoms with van der Waals surface area (Å²) in [5, 5.41) is 0. The molecular formula is C14H16F2N2. The standard InChI is InChI=1S/C14H16F2N2/c1-10(17)5-14-3-2-4-18(14)9-11-6-12(15)8-13(16)7-11/h2-4,6-8,10H,5,9,17H2,1H3. The fourth-order valence-electron chi connectivity index (χ4n) is 2.02. The highest BCUT2D eigenvalue weighted by Crippen LogP contribution is 2.12. The summed E-state index contributed by atoms with van der Waals surface area (Å²) in [5.41, 5.74) is 7.43. The highest BCUT2D eigenvalue weighted by Gasteiger charge is 2.06. The Kier molecular flexibility index (Phi) is 3.77. The summed E-state index contributed by atoms with van der Waals surface area (Å²) < 4.78 is 28.2. The van der Waals surface area contributed by atoms with Gasteiger partial charge < -0.3 is 10.3 Å². The van der Waals surface area contributed by atoms with E-state index in [9.17, 15) is 8.78 Å². The monoisotopic (exact) mass is 250 g/mol. The van der Waals surface area contributed by atoms with E-state index in [-0.39, 0.29) is 6.04 Å². The molecule has 2 nitrogen and oxygen atoms in total. The molecule has 0 aliphatic carbocycles. The van der Waals surface area contributed by atoms with Crippen molar-refractivity contribution in [3.05, 3.63) is 59.4 Å². The molecule has 96 valence electrons. The summed E-state index contributed by atoms with van der Waals surface area (Å²) in [7, 11) is 0. The zero-order chi connectivity index (χ0) is 13.1. The van der Waals surface area contributed by atoms with Crippen molar-refractivity contribution < 1.29 is 8.78 Å². The van der Waals surface area contributed by atoms with Crippen LogP contribution < -0.4 is 5.73 Å². The molecule has 0 saturated carbocycles. The van der Waals surface area contributed by atoms with E-state index in [1.54, 1.807) is 0 Å². The van der Waals surface area contributed by atoms with E-state index in [4.69, 9.17) is 5.73 Å². The minimum Gasteiger partial charge on any atom is -0.347 e. The highest BCUT2D eigenvalue weighted by atomic mass is 19.1. The third-order valence-electron chi connectivity index (χ3n) is 2.73. The first-order chi connectivity index (χ1) is 8.54. The Labute approximate surface area is 105 Å². The van der Waals surface area contributed by atoms with E-state index < -0.39 is 11.6 Å². The highest BCUT2D eigenvalue weighted by molar-refractivity contribution is 5.20. The maximum Gasteiger partial charge on any atom is 0.126 e. The van der Waals surface area contributed by atoms with Crippen LogP contribution in [0.25, 0.3) is 0 Å². The lowest BCUT2D eigenvalue weighted by Gasteiger charge is -2.11. The number of rotatable bonds is 4. The number of halogens is 2. The molecule has 1 atom stereocenters. The molecular weight excluding hydrogens is 234 g/mol. The largest absolute Gasteiger partial charge is 0.347 e. The Balaban J connectivity index is 2.20. The summed E-state index contributed by atoms with van der Waals surface area (Å²) in [4.78, 5) is 0. The number of nitrogens with zero attached hydrogens (tertiary/aromatic N) is 1. The molecule has 2 aromatic rings. The van der Waals surface area contributed by atoms with Crippen LogP contribution in [0.2, 0.25) is 0 Å². The van der Waals surface area contributed by atoms with Gasteiger partial charge in [-0.3, -0.25) is 0 Å². The van der Waals surface area contributed by atoms with Gasteiger partial charge in [-0.1, -0.05) is 0 Å². The minimum atomic E-state index is -0.550. The summed E-state index contributed by atoms with van der Waals surface area (Å²) in [6, 6.07) is 7.51. The second-order valence-corrected chi connectivity index (χ2v) is 4.59. The van der Waals surface area contributed by atoms with Crippen molar-refractivity contribution in [2.45, 2.75) is 25.9 Å². The lowest BCUT2D eigenvalue weighted by atomic mass is 10.1. The zero-order valence-corrected chi connectivity index (χ0v) is 10.2. The van der Waals surface area contributed by atoms with Gasteiger partial charge in [0.2, 0.25) is 0 Å². The Morgan fingerprint density at radius 3 is 2.50 bits per heavy atom. The van der Waals surface area contributed by atoms with Crippen molar-refractivity contribution in [3.63, 3.8) is 0 Å². The van der Waals surface area contributed by atoms with Crippen molar-refractivity contribution in [3.8, 4) is 0 Å². The minimum absolute atomic E-state index is 0.0582. The van der Waals surface area contributed by atoms with Gasteiger partial charge in [-0.2, -0.15) is 0 Å². The van der Waals surface area contributed by atoms with Crippen molar-refractivity contribution in [1.82, 2.24) is 4.57 Å². The molecule has 2 N–H and O–H groups in total. The van der Waals surface area contributed by atoms with E-state index in [1.807, 2.05) is 29.8 Å². The Hall–Kier alpha value is -1.68. The fraction of sp³-hybridized carbons (Fsp3) is 0.286. The second-order valence-electron chi connectivity index (χ2n) is 4.59. The first-order valence-corrected chi connectivity index (χ1v) is 5.89. The average molecular weight is 250 g/mol. The fourth-order valence-corrected chi connectivity index (χ4v) is 2.02. The molecule has 4 heteroatoms. The van der Waals surface area contributed by atoms with Crippen LogP contribution in [0.5, 0.6) is 0 Å². The van der Waals surface area contributed by atoms with Crippen molar-refractivity contribution in [2.24, 2.45) is 5.73 Å². The lowest BCUT2D eigenvalue weighted by molar-refractivity contribution is 0.576. The third-order valence-corrected chi connectivity index (χ3v) is 2.73. The maximum atomic E-state index is 13.1. The van der Waals surface area contributed by atoms with Gasteiger partial charge in [0.25, 0.3) is 0 Å². The molecule has 0 bridgehead atoms. The van der Waals surface area contributed by atoms with Crippen LogP contribution in [0, 0.1) is 11.6 Å². The third kappa shape index (κ3) is 3.17. The number of nitrogens with two attached hydrogens (primary N) is 1. The smallest absolute Gasteiger partial charge is 0.126 e. The quantitative estimate of drug-likeness (QED) is 0.888. The van der Waals surface area contributed by atoms with Crippen molar-refractivity contribution in [2.75, 3.05) is 0 Å². The van der Waals surface area contributed by atoms with E-state index in [1.165, 1.54) is 12.1 Å². The van der Waals surface area contributed by atoms with E-state index >= 15 is 0 Å². The normalized spacial score (nSPS) is 12.7. The van der Waals surface area contributed by atoms with Gasteiger partial charge in [0.05, 0.1) is 0 Å². The predicted octanol–water partition coefficient (Wildman–Crippen LogP) is 2.70. The van der Waals surface area contributed by atoms with Crippen LogP contribution in [0.1, 0.15) is 18.2 Å². The van der Waals surface area contributed by atoms with Gasteiger partial charge in [0, 0.05) is 37.0 Å². The van der Waals surface area contributed by atoms with Crippen LogP contribution in [0.4, 0.5) is 8.78 Å². The van der Waals surface area contributed by atoms with Gasteiger partial charge in [-0.25, -0.2) is 8.78 Å². The molecule has 2 rings (SSSR count). The number of hydrogen-bond donors (Lipinski definition) is 1. The number of aromatic nitrogens is 1. The summed E-state index contributed by atoms with van der Waals surface area (Å²) >= 11 is 0. The molecule has 0 aliphatic rings. The van der Waals surface area contributed by atoms with Crippen LogP contribution in [-0.2, 0) is 13.0 Å². The average Bonchev–Trinajstić information content (AvgIpc) is 2.63. The van der Waals surface area contributed by atoms with Gasteiger partial charge in [-0.15, -0.1) is 0 Å².